The minimum atomic E-state index is -0.477. The molecule has 2 rings (SSSR count). The zero-order valence-corrected chi connectivity index (χ0v) is 11.2. The van der Waals surface area contributed by atoms with Gasteiger partial charge >= 0.3 is 0 Å². The molecule has 18 heavy (non-hydrogen) atoms. The maximum atomic E-state index is 11.5. The van der Waals surface area contributed by atoms with E-state index in [1.54, 1.807) is 19.1 Å². The molecule has 0 radical (unpaired) electrons. The summed E-state index contributed by atoms with van der Waals surface area (Å²) in [5.41, 5.74) is 7.45. The van der Waals surface area contributed by atoms with Crippen molar-refractivity contribution in [2.75, 3.05) is 0 Å². The summed E-state index contributed by atoms with van der Waals surface area (Å²) in [6.45, 7) is 1.77. The molecule has 6 heteroatoms. The molecule has 1 unspecified atom stereocenters. The molecule has 0 saturated heterocycles. The zero-order valence-electron chi connectivity index (χ0n) is 9.66. The van der Waals surface area contributed by atoms with Crippen LogP contribution in [0.3, 0.4) is 0 Å². The lowest BCUT2D eigenvalue weighted by Gasteiger charge is -2.29. The third kappa shape index (κ3) is 2.47. The Bertz CT molecular complexity index is 539. The molecule has 1 amide bonds. The van der Waals surface area contributed by atoms with Crippen molar-refractivity contribution in [2.45, 2.75) is 13.0 Å². The average molecular weight is 282 g/mol. The summed E-state index contributed by atoms with van der Waals surface area (Å²) in [6.07, 6.45) is 0. The SMILES string of the molecule is CC1=C(C(N)=O)C(c2ccc(Cl)cc2)NC(=S)N1. The molecule has 1 heterocycles. The second-order valence-corrected chi connectivity index (χ2v) is 4.83. The first kappa shape index (κ1) is 12.9. The number of nitrogens with two attached hydrogens (primary N) is 1. The fourth-order valence-electron chi connectivity index (χ4n) is 1.93. The minimum Gasteiger partial charge on any atom is -0.366 e. The average Bonchev–Trinajstić information content (AvgIpc) is 2.28. The molecule has 4 nitrogen and oxygen atoms in total. The van der Waals surface area contributed by atoms with Gasteiger partial charge in [0.05, 0.1) is 11.6 Å². The number of amides is 1. The molecular weight excluding hydrogens is 270 g/mol. The van der Waals surface area contributed by atoms with E-state index in [-0.39, 0.29) is 6.04 Å². The Morgan fingerprint density at radius 1 is 1.39 bits per heavy atom. The van der Waals surface area contributed by atoms with Crippen LogP contribution in [0.25, 0.3) is 0 Å². The molecule has 0 aromatic heterocycles. The van der Waals surface area contributed by atoms with E-state index in [2.05, 4.69) is 10.6 Å². The third-order valence-corrected chi connectivity index (χ3v) is 3.21. The summed E-state index contributed by atoms with van der Waals surface area (Å²) in [5, 5.41) is 7.03. The van der Waals surface area contributed by atoms with E-state index in [1.807, 2.05) is 12.1 Å². The van der Waals surface area contributed by atoms with Crippen LogP contribution in [0, 0.1) is 0 Å². The van der Waals surface area contributed by atoms with Gasteiger partial charge in [0.25, 0.3) is 0 Å². The van der Waals surface area contributed by atoms with Gasteiger partial charge in [0.2, 0.25) is 5.91 Å². The summed E-state index contributed by atoms with van der Waals surface area (Å²) in [7, 11) is 0. The molecule has 1 aliphatic heterocycles. The molecule has 1 aromatic rings. The van der Waals surface area contributed by atoms with Crippen molar-refractivity contribution in [2.24, 2.45) is 5.73 Å². The van der Waals surface area contributed by atoms with Crippen molar-refractivity contribution in [3.63, 3.8) is 0 Å². The summed E-state index contributed by atoms with van der Waals surface area (Å²) in [4.78, 5) is 11.5. The smallest absolute Gasteiger partial charge is 0.248 e. The standard InChI is InChI=1S/C12H12ClN3OS/c1-6-9(11(14)17)10(16-12(18)15-6)7-2-4-8(13)5-3-7/h2-5,10H,1H3,(H2,14,17)(H2,15,16,18). The van der Waals surface area contributed by atoms with Crippen molar-refractivity contribution >= 4 is 34.8 Å². The Morgan fingerprint density at radius 3 is 2.56 bits per heavy atom. The second-order valence-electron chi connectivity index (χ2n) is 3.99. The molecule has 94 valence electrons. The van der Waals surface area contributed by atoms with Gasteiger partial charge in [-0.05, 0) is 36.8 Å². The van der Waals surface area contributed by atoms with E-state index in [1.165, 1.54) is 0 Å². The van der Waals surface area contributed by atoms with E-state index in [0.717, 1.165) is 5.56 Å². The third-order valence-electron chi connectivity index (χ3n) is 2.74. The van der Waals surface area contributed by atoms with Crippen molar-refractivity contribution in [1.82, 2.24) is 10.6 Å². The van der Waals surface area contributed by atoms with Crippen LogP contribution in [0.15, 0.2) is 35.5 Å². The first-order valence-corrected chi connectivity index (χ1v) is 6.11. The molecule has 1 atom stereocenters. The number of allylic oxidation sites excluding steroid dienone is 1. The van der Waals surface area contributed by atoms with Crippen molar-refractivity contribution < 1.29 is 4.79 Å². The highest BCUT2D eigenvalue weighted by Gasteiger charge is 2.28. The lowest BCUT2D eigenvalue weighted by molar-refractivity contribution is -0.115. The van der Waals surface area contributed by atoms with Gasteiger partial charge < -0.3 is 16.4 Å². The molecule has 0 saturated carbocycles. The Balaban J connectivity index is 2.46. The van der Waals surface area contributed by atoms with Gasteiger partial charge in [-0.2, -0.15) is 0 Å². The lowest BCUT2D eigenvalue weighted by Crippen LogP contribution is -2.46. The Hall–Kier alpha value is -1.59. The summed E-state index contributed by atoms with van der Waals surface area (Å²) in [5.74, 6) is -0.477. The normalized spacial score (nSPS) is 19.2. The predicted molar refractivity (Wildman–Crippen MR) is 75.0 cm³/mol. The largest absolute Gasteiger partial charge is 0.366 e. The first-order valence-electron chi connectivity index (χ1n) is 5.32. The van der Waals surface area contributed by atoms with E-state index in [9.17, 15) is 4.79 Å². The van der Waals surface area contributed by atoms with Gasteiger partial charge in [-0.3, -0.25) is 4.79 Å². The summed E-state index contributed by atoms with van der Waals surface area (Å²) >= 11 is 10.9. The number of hydrogen-bond donors (Lipinski definition) is 3. The summed E-state index contributed by atoms with van der Waals surface area (Å²) < 4.78 is 0. The number of nitrogens with one attached hydrogen (secondary N) is 2. The van der Waals surface area contributed by atoms with E-state index >= 15 is 0 Å². The monoisotopic (exact) mass is 281 g/mol. The maximum Gasteiger partial charge on any atom is 0.248 e. The zero-order chi connectivity index (χ0) is 13.3. The Kier molecular flexibility index (Phi) is 3.54. The van der Waals surface area contributed by atoms with E-state index in [4.69, 9.17) is 29.6 Å². The number of hydrogen-bond acceptors (Lipinski definition) is 2. The number of halogens is 1. The highest BCUT2D eigenvalue weighted by molar-refractivity contribution is 7.80. The first-order chi connectivity index (χ1) is 8.49. The number of carbonyl (C=O) groups excluding carboxylic acids is 1. The fraction of sp³-hybridized carbons (Fsp3) is 0.167. The van der Waals surface area contributed by atoms with Crippen LogP contribution < -0.4 is 16.4 Å². The van der Waals surface area contributed by atoms with Gasteiger partial charge in [0, 0.05) is 10.7 Å². The molecule has 0 spiro atoms. The van der Waals surface area contributed by atoms with Crippen LogP contribution in [0.1, 0.15) is 18.5 Å². The minimum absolute atomic E-state index is 0.339. The quantitative estimate of drug-likeness (QED) is 0.721. The van der Waals surface area contributed by atoms with Gasteiger partial charge in [-0.1, -0.05) is 23.7 Å². The van der Waals surface area contributed by atoms with Gasteiger partial charge in [0.15, 0.2) is 5.11 Å². The fourth-order valence-corrected chi connectivity index (χ4v) is 2.32. The number of carbonyl (C=O) groups is 1. The van der Waals surface area contributed by atoms with Crippen LogP contribution in [-0.2, 0) is 4.79 Å². The van der Waals surface area contributed by atoms with Crippen LogP contribution in [0.4, 0.5) is 0 Å². The number of thiocarbonyl (C=S) groups is 1. The highest BCUT2D eigenvalue weighted by atomic mass is 35.5. The molecule has 4 N–H and O–H groups in total. The van der Waals surface area contributed by atoms with Gasteiger partial charge in [-0.15, -0.1) is 0 Å². The Morgan fingerprint density at radius 2 is 2.00 bits per heavy atom. The van der Waals surface area contributed by atoms with Crippen molar-refractivity contribution in [1.29, 1.82) is 0 Å². The topological polar surface area (TPSA) is 67.2 Å². The van der Waals surface area contributed by atoms with Crippen LogP contribution in [-0.4, -0.2) is 11.0 Å². The summed E-state index contributed by atoms with van der Waals surface area (Å²) in [6, 6.07) is 6.86. The molecule has 0 aliphatic carbocycles. The Labute approximate surface area is 115 Å². The van der Waals surface area contributed by atoms with Crippen LogP contribution in [0.5, 0.6) is 0 Å². The van der Waals surface area contributed by atoms with Gasteiger partial charge in [0.1, 0.15) is 0 Å². The van der Waals surface area contributed by atoms with Crippen molar-refractivity contribution in [3.8, 4) is 0 Å². The molecule has 1 aromatic carbocycles. The maximum absolute atomic E-state index is 11.5. The van der Waals surface area contributed by atoms with Crippen molar-refractivity contribution in [3.05, 3.63) is 46.1 Å². The van der Waals surface area contributed by atoms with E-state index in [0.29, 0.717) is 21.4 Å². The van der Waals surface area contributed by atoms with Gasteiger partial charge in [-0.25, -0.2) is 0 Å². The molecule has 0 fully saturated rings. The number of rotatable bonds is 2. The van der Waals surface area contributed by atoms with Crippen LogP contribution in [0.2, 0.25) is 5.02 Å². The highest BCUT2D eigenvalue weighted by Crippen LogP contribution is 2.27. The second kappa shape index (κ2) is 4.96. The lowest BCUT2D eigenvalue weighted by atomic mass is 9.95. The molecular formula is C12H12ClN3OS. The number of primary amides is 1. The number of benzene rings is 1. The molecule has 1 aliphatic rings. The predicted octanol–water partition coefficient (Wildman–Crippen LogP) is 1.62. The molecule has 0 bridgehead atoms. The van der Waals surface area contributed by atoms with Crippen LogP contribution >= 0.6 is 23.8 Å². The van der Waals surface area contributed by atoms with E-state index < -0.39 is 5.91 Å².